The summed E-state index contributed by atoms with van der Waals surface area (Å²) in [7, 11) is 0. The van der Waals surface area contributed by atoms with Crippen LogP contribution in [0, 0.1) is 6.92 Å². The molecule has 2 N–H and O–H groups in total. The maximum atomic E-state index is 12.6. The molecule has 2 heterocycles. The highest BCUT2D eigenvalue weighted by atomic mass is 16.1. The van der Waals surface area contributed by atoms with Gasteiger partial charge in [-0.05, 0) is 56.2 Å². The highest BCUT2D eigenvalue weighted by Gasteiger charge is 2.14. The quantitative estimate of drug-likeness (QED) is 0.773. The number of nitrogens with zero attached hydrogens (tertiary/aromatic N) is 2. The number of carbonyl (C=O) groups is 1. The van der Waals surface area contributed by atoms with Crippen LogP contribution in [0.5, 0.6) is 0 Å². The number of rotatable bonds is 3. The fraction of sp³-hybridized carbons (Fsp3) is 0.263. The van der Waals surface area contributed by atoms with E-state index in [4.69, 9.17) is 0 Å². The minimum atomic E-state index is -0.138. The van der Waals surface area contributed by atoms with Crippen LogP contribution < -0.4 is 10.2 Å². The number of hydrogen-bond acceptors (Lipinski definition) is 3. The van der Waals surface area contributed by atoms with Gasteiger partial charge in [0.1, 0.15) is 11.3 Å². The summed E-state index contributed by atoms with van der Waals surface area (Å²) in [6.45, 7) is 4.12. The molecule has 5 heteroatoms. The molecular weight excluding hydrogens is 300 g/mol. The number of carbonyl (C=O) groups excluding carboxylic acids is 1. The second kappa shape index (κ2) is 6.00. The standard InChI is InChI=1S/C19H20N4O/c1-13-20-17-6-4-5-16(18(17)21-13)19(24)22-14-7-9-15(10-8-14)23-11-2-3-12-23/h4-10H,2-3,11-12H2,1H3,(H,20,21)(H,22,24). The SMILES string of the molecule is Cc1nc2c(C(=O)Nc3ccc(N4CCCC4)cc3)cccc2[nH]1. The lowest BCUT2D eigenvalue weighted by molar-refractivity contribution is 0.102. The molecule has 0 aliphatic carbocycles. The van der Waals surface area contributed by atoms with Crippen LogP contribution in [0.25, 0.3) is 11.0 Å². The molecule has 1 aliphatic heterocycles. The summed E-state index contributed by atoms with van der Waals surface area (Å²) in [5, 5.41) is 2.97. The summed E-state index contributed by atoms with van der Waals surface area (Å²) >= 11 is 0. The number of H-pyrrole nitrogens is 1. The number of anilines is 2. The van der Waals surface area contributed by atoms with Gasteiger partial charge in [0, 0.05) is 24.5 Å². The third kappa shape index (κ3) is 2.73. The van der Waals surface area contributed by atoms with E-state index in [0.717, 1.165) is 30.1 Å². The monoisotopic (exact) mass is 320 g/mol. The van der Waals surface area contributed by atoms with Crippen molar-refractivity contribution in [2.75, 3.05) is 23.3 Å². The van der Waals surface area contributed by atoms with Crippen LogP contribution in [0.1, 0.15) is 29.0 Å². The van der Waals surface area contributed by atoms with E-state index in [1.807, 2.05) is 31.2 Å². The van der Waals surface area contributed by atoms with Crippen LogP contribution in [0.4, 0.5) is 11.4 Å². The maximum Gasteiger partial charge on any atom is 0.257 e. The van der Waals surface area contributed by atoms with Gasteiger partial charge in [-0.2, -0.15) is 0 Å². The smallest absolute Gasteiger partial charge is 0.257 e. The third-order valence-corrected chi connectivity index (χ3v) is 4.47. The molecule has 2 aromatic carbocycles. The van der Waals surface area contributed by atoms with Gasteiger partial charge in [0.05, 0.1) is 11.1 Å². The number of hydrogen-bond donors (Lipinski definition) is 2. The Labute approximate surface area is 140 Å². The fourth-order valence-electron chi connectivity index (χ4n) is 3.27. The molecule has 1 fully saturated rings. The van der Waals surface area contributed by atoms with E-state index < -0.39 is 0 Å². The lowest BCUT2D eigenvalue weighted by Crippen LogP contribution is -2.17. The summed E-state index contributed by atoms with van der Waals surface area (Å²) in [5.41, 5.74) is 4.19. The number of aromatic nitrogens is 2. The second-order valence-corrected chi connectivity index (χ2v) is 6.22. The molecule has 1 saturated heterocycles. The molecule has 1 amide bonds. The Kier molecular flexibility index (Phi) is 3.69. The molecule has 0 atom stereocenters. The number of aryl methyl sites for hydroxylation is 1. The Morgan fingerprint density at radius 2 is 1.88 bits per heavy atom. The van der Waals surface area contributed by atoms with Gasteiger partial charge in [0.15, 0.2) is 0 Å². The topological polar surface area (TPSA) is 61.0 Å². The van der Waals surface area contributed by atoms with Crippen molar-refractivity contribution in [3.63, 3.8) is 0 Å². The van der Waals surface area contributed by atoms with Gasteiger partial charge in [0.25, 0.3) is 5.91 Å². The Morgan fingerprint density at radius 1 is 1.12 bits per heavy atom. The Hall–Kier alpha value is -2.82. The van der Waals surface area contributed by atoms with E-state index >= 15 is 0 Å². The van der Waals surface area contributed by atoms with Crippen molar-refractivity contribution in [2.45, 2.75) is 19.8 Å². The average molecular weight is 320 g/mol. The average Bonchev–Trinajstić information content (AvgIpc) is 3.23. The second-order valence-electron chi connectivity index (χ2n) is 6.22. The van der Waals surface area contributed by atoms with Crippen LogP contribution in [-0.2, 0) is 0 Å². The van der Waals surface area contributed by atoms with E-state index in [9.17, 15) is 4.79 Å². The zero-order valence-corrected chi connectivity index (χ0v) is 13.7. The van der Waals surface area contributed by atoms with Crippen LogP contribution in [-0.4, -0.2) is 29.0 Å². The van der Waals surface area contributed by atoms with E-state index in [2.05, 4.69) is 32.3 Å². The first-order chi connectivity index (χ1) is 11.7. The van der Waals surface area contributed by atoms with E-state index in [0.29, 0.717) is 11.1 Å². The molecule has 0 radical (unpaired) electrons. The molecule has 0 spiro atoms. The zero-order chi connectivity index (χ0) is 16.5. The van der Waals surface area contributed by atoms with Crippen molar-refractivity contribution in [2.24, 2.45) is 0 Å². The summed E-state index contributed by atoms with van der Waals surface area (Å²) < 4.78 is 0. The summed E-state index contributed by atoms with van der Waals surface area (Å²) in [5.74, 6) is 0.668. The number of imidazole rings is 1. The number of benzene rings is 2. The molecular formula is C19H20N4O. The molecule has 0 unspecified atom stereocenters. The Bertz CT molecular complexity index is 876. The van der Waals surface area contributed by atoms with Gasteiger partial charge in [-0.15, -0.1) is 0 Å². The molecule has 1 aromatic heterocycles. The zero-order valence-electron chi connectivity index (χ0n) is 13.7. The highest BCUT2D eigenvalue weighted by molar-refractivity contribution is 6.11. The normalized spacial score (nSPS) is 14.3. The highest BCUT2D eigenvalue weighted by Crippen LogP contribution is 2.23. The molecule has 24 heavy (non-hydrogen) atoms. The van der Waals surface area contributed by atoms with Gasteiger partial charge < -0.3 is 15.2 Å². The molecule has 1 aliphatic rings. The molecule has 0 bridgehead atoms. The van der Waals surface area contributed by atoms with Gasteiger partial charge >= 0.3 is 0 Å². The maximum absolute atomic E-state index is 12.6. The molecule has 0 saturated carbocycles. The number of para-hydroxylation sites is 1. The summed E-state index contributed by atoms with van der Waals surface area (Å²) in [6, 6.07) is 13.7. The van der Waals surface area contributed by atoms with Crippen LogP contribution >= 0.6 is 0 Å². The number of nitrogens with one attached hydrogen (secondary N) is 2. The van der Waals surface area contributed by atoms with Crippen molar-refractivity contribution < 1.29 is 4.79 Å². The largest absolute Gasteiger partial charge is 0.372 e. The van der Waals surface area contributed by atoms with Crippen molar-refractivity contribution in [3.05, 3.63) is 53.9 Å². The molecule has 4 rings (SSSR count). The minimum Gasteiger partial charge on any atom is -0.372 e. The predicted molar refractivity (Wildman–Crippen MR) is 96.7 cm³/mol. The molecule has 122 valence electrons. The van der Waals surface area contributed by atoms with Crippen molar-refractivity contribution >= 4 is 28.3 Å². The van der Waals surface area contributed by atoms with Gasteiger partial charge in [-0.3, -0.25) is 4.79 Å². The first kappa shape index (κ1) is 14.8. The van der Waals surface area contributed by atoms with E-state index in [1.54, 1.807) is 6.07 Å². The number of amides is 1. The lowest BCUT2D eigenvalue weighted by atomic mass is 10.1. The predicted octanol–water partition coefficient (Wildman–Crippen LogP) is 3.72. The van der Waals surface area contributed by atoms with Gasteiger partial charge in [0.2, 0.25) is 0 Å². The van der Waals surface area contributed by atoms with E-state index in [-0.39, 0.29) is 5.91 Å². The van der Waals surface area contributed by atoms with E-state index in [1.165, 1.54) is 18.5 Å². The summed E-state index contributed by atoms with van der Waals surface area (Å²) in [6.07, 6.45) is 2.51. The Balaban J connectivity index is 1.54. The molecule has 5 nitrogen and oxygen atoms in total. The fourth-order valence-corrected chi connectivity index (χ4v) is 3.27. The first-order valence-corrected chi connectivity index (χ1v) is 8.32. The van der Waals surface area contributed by atoms with Crippen molar-refractivity contribution in [1.82, 2.24) is 9.97 Å². The molecule has 3 aromatic rings. The van der Waals surface area contributed by atoms with Gasteiger partial charge in [-0.25, -0.2) is 4.98 Å². The number of aromatic amines is 1. The number of fused-ring (bicyclic) bond motifs is 1. The van der Waals surface area contributed by atoms with Crippen molar-refractivity contribution in [3.8, 4) is 0 Å². The first-order valence-electron chi connectivity index (χ1n) is 8.32. The van der Waals surface area contributed by atoms with Crippen LogP contribution in [0.3, 0.4) is 0 Å². The van der Waals surface area contributed by atoms with Crippen molar-refractivity contribution in [1.29, 1.82) is 0 Å². The Morgan fingerprint density at radius 3 is 2.62 bits per heavy atom. The minimum absolute atomic E-state index is 0.138. The lowest BCUT2D eigenvalue weighted by Gasteiger charge is -2.17. The van der Waals surface area contributed by atoms with Gasteiger partial charge in [-0.1, -0.05) is 6.07 Å². The summed E-state index contributed by atoms with van der Waals surface area (Å²) in [4.78, 5) is 22.6. The third-order valence-electron chi connectivity index (χ3n) is 4.47. The van der Waals surface area contributed by atoms with Crippen LogP contribution in [0.15, 0.2) is 42.5 Å². The van der Waals surface area contributed by atoms with Crippen LogP contribution in [0.2, 0.25) is 0 Å².